The molecule has 0 bridgehead atoms. The van der Waals surface area contributed by atoms with Crippen LogP contribution in [0.5, 0.6) is 5.88 Å². The van der Waals surface area contributed by atoms with Crippen LogP contribution in [0.2, 0.25) is 0 Å². The van der Waals surface area contributed by atoms with E-state index >= 15 is 0 Å². The molecule has 7 nitrogen and oxygen atoms in total. The lowest BCUT2D eigenvalue weighted by molar-refractivity contribution is 0.138. The van der Waals surface area contributed by atoms with Crippen LogP contribution in [0.4, 0.5) is 11.8 Å². The Hall–Kier alpha value is -1.60. The number of nitrogen functional groups attached to an aromatic ring is 2. The molecule has 1 aromatic rings. The summed E-state index contributed by atoms with van der Waals surface area (Å²) >= 11 is 0. The first-order valence-corrected chi connectivity index (χ1v) is 4.63. The van der Waals surface area contributed by atoms with Crippen molar-refractivity contribution in [3.05, 3.63) is 6.07 Å². The smallest absolute Gasteiger partial charge is 0.225 e. The van der Waals surface area contributed by atoms with Gasteiger partial charge in [0.15, 0.2) is 0 Å². The molecule has 7 heteroatoms. The fourth-order valence-corrected chi connectivity index (χ4v) is 1.35. The van der Waals surface area contributed by atoms with Gasteiger partial charge in [-0.1, -0.05) is 0 Å². The van der Waals surface area contributed by atoms with Crippen LogP contribution in [-0.2, 0) is 4.74 Å². The van der Waals surface area contributed by atoms with E-state index in [4.69, 9.17) is 21.1 Å². The predicted molar refractivity (Wildman–Crippen MR) is 54.1 cm³/mol. The normalized spacial score (nSPS) is 20.2. The number of hydrogen-bond acceptors (Lipinski definition) is 7. The molecule has 5 N–H and O–H groups in total. The first kappa shape index (κ1) is 9.94. The maximum Gasteiger partial charge on any atom is 0.225 e. The quantitative estimate of drug-likeness (QED) is 0.457. The average Bonchev–Trinajstić information content (AvgIpc) is 2.69. The van der Waals surface area contributed by atoms with Gasteiger partial charge in [-0.05, 0) is 0 Å². The van der Waals surface area contributed by atoms with Crippen molar-refractivity contribution in [3.63, 3.8) is 0 Å². The van der Waals surface area contributed by atoms with Gasteiger partial charge in [0, 0.05) is 12.5 Å². The van der Waals surface area contributed by atoms with Crippen LogP contribution in [0.25, 0.3) is 0 Å². The van der Waals surface area contributed by atoms with E-state index in [1.165, 1.54) is 0 Å². The highest BCUT2D eigenvalue weighted by atomic mass is 16.5. The minimum Gasteiger partial charge on any atom is -0.472 e. The lowest BCUT2D eigenvalue weighted by Crippen LogP contribution is -2.18. The van der Waals surface area contributed by atoms with Gasteiger partial charge in [0.25, 0.3) is 0 Å². The molecule has 2 rings (SSSR count). The molecule has 1 saturated heterocycles. The van der Waals surface area contributed by atoms with Gasteiger partial charge in [0.05, 0.1) is 13.2 Å². The molecule has 82 valence electrons. The summed E-state index contributed by atoms with van der Waals surface area (Å²) in [5.41, 5.74) is 7.87. The van der Waals surface area contributed by atoms with Crippen molar-refractivity contribution in [2.45, 2.75) is 12.5 Å². The van der Waals surface area contributed by atoms with E-state index in [1.807, 2.05) is 0 Å². The second-order valence-electron chi connectivity index (χ2n) is 3.20. The zero-order chi connectivity index (χ0) is 10.7. The Kier molecular flexibility index (Phi) is 2.84. The van der Waals surface area contributed by atoms with Crippen molar-refractivity contribution < 1.29 is 9.47 Å². The van der Waals surface area contributed by atoms with Gasteiger partial charge >= 0.3 is 0 Å². The lowest BCUT2D eigenvalue weighted by atomic mass is 10.3. The maximum absolute atomic E-state index is 5.55. The van der Waals surface area contributed by atoms with Gasteiger partial charge in [-0.3, -0.25) is 0 Å². The number of hydrazine groups is 1. The number of anilines is 2. The molecule has 1 aromatic heterocycles. The van der Waals surface area contributed by atoms with Crippen LogP contribution >= 0.6 is 0 Å². The summed E-state index contributed by atoms with van der Waals surface area (Å²) in [5, 5.41) is 0. The number of hydrogen-bond donors (Lipinski definition) is 3. The molecule has 0 saturated carbocycles. The van der Waals surface area contributed by atoms with Gasteiger partial charge in [-0.2, -0.15) is 9.97 Å². The molecule has 1 unspecified atom stereocenters. The minimum atomic E-state index is 0.0323. The highest BCUT2D eigenvalue weighted by molar-refractivity contribution is 5.41. The molecule has 0 aliphatic carbocycles. The molecule has 2 heterocycles. The van der Waals surface area contributed by atoms with Crippen molar-refractivity contribution in [2.24, 2.45) is 5.84 Å². The third-order valence-electron chi connectivity index (χ3n) is 2.04. The number of nitrogens with zero attached hydrogens (tertiary/aromatic N) is 2. The molecule has 1 atom stereocenters. The van der Waals surface area contributed by atoms with E-state index in [2.05, 4.69) is 15.4 Å². The van der Waals surface area contributed by atoms with E-state index in [-0.39, 0.29) is 12.1 Å². The average molecular weight is 211 g/mol. The van der Waals surface area contributed by atoms with Gasteiger partial charge in [-0.25, -0.2) is 5.84 Å². The zero-order valence-electron chi connectivity index (χ0n) is 8.14. The Morgan fingerprint density at radius 1 is 1.53 bits per heavy atom. The second-order valence-corrected chi connectivity index (χ2v) is 3.20. The standard InChI is InChI=1S/C8H13N5O2/c9-8-11-6(13-10)3-7(12-8)15-5-1-2-14-4-5/h3,5H,1-2,4,10H2,(H3,9,11,12,13). The maximum atomic E-state index is 5.55. The van der Waals surface area contributed by atoms with E-state index in [9.17, 15) is 0 Å². The van der Waals surface area contributed by atoms with Crippen LogP contribution in [0.3, 0.4) is 0 Å². The molecule has 0 radical (unpaired) electrons. The molecule has 1 fully saturated rings. The van der Waals surface area contributed by atoms with E-state index in [0.717, 1.165) is 6.42 Å². The van der Waals surface area contributed by atoms with E-state index in [1.54, 1.807) is 6.07 Å². The van der Waals surface area contributed by atoms with Crippen LogP contribution in [0, 0.1) is 0 Å². The summed E-state index contributed by atoms with van der Waals surface area (Å²) in [7, 11) is 0. The van der Waals surface area contributed by atoms with Crippen molar-refractivity contribution >= 4 is 11.8 Å². The Balaban J connectivity index is 2.09. The number of aromatic nitrogens is 2. The van der Waals surface area contributed by atoms with Crippen molar-refractivity contribution in [1.29, 1.82) is 0 Å². The number of nitrogens with one attached hydrogen (secondary N) is 1. The topological polar surface area (TPSA) is 108 Å². The molecule has 0 spiro atoms. The van der Waals surface area contributed by atoms with Crippen LogP contribution in [0.15, 0.2) is 6.07 Å². The first-order chi connectivity index (χ1) is 7.28. The number of rotatable bonds is 3. The minimum absolute atomic E-state index is 0.0323. The van der Waals surface area contributed by atoms with Crippen molar-refractivity contribution in [2.75, 3.05) is 24.4 Å². The molecule has 15 heavy (non-hydrogen) atoms. The molecule has 0 amide bonds. The molecular weight excluding hydrogens is 198 g/mol. The van der Waals surface area contributed by atoms with Gasteiger partial charge in [0.2, 0.25) is 11.8 Å². The summed E-state index contributed by atoms with van der Waals surface area (Å²) in [5.74, 6) is 6.18. The largest absolute Gasteiger partial charge is 0.472 e. The van der Waals surface area contributed by atoms with Gasteiger partial charge in [-0.15, -0.1) is 0 Å². The lowest BCUT2D eigenvalue weighted by Gasteiger charge is -2.11. The summed E-state index contributed by atoms with van der Waals surface area (Å²) in [4.78, 5) is 7.78. The monoisotopic (exact) mass is 211 g/mol. The number of nitrogens with two attached hydrogens (primary N) is 2. The van der Waals surface area contributed by atoms with Crippen LogP contribution < -0.4 is 21.7 Å². The second kappa shape index (κ2) is 4.28. The summed E-state index contributed by atoms with van der Waals surface area (Å²) < 4.78 is 10.7. The Morgan fingerprint density at radius 2 is 2.40 bits per heavy atom. The Bertz CT molecular complexity index is 340. The Morgan fingerprint density at radius 3 is 3.07 bits per heavy atom. The van der Waals surface area contributed by atoms with E-state index in [0.29, 0.717) is 24.9 Å². The predicted octanol–water partition coefficient (Wildman–Crippen LogP) is -0.488. The van der Waals surface area contributed by atoms with Gasteiger partial charge in [0.1, 0.15) is 11.9 Å². The fourth-order valence-electron chi connectivity index (χ4n) is 1.35. The number of ether oxygens (including phenoxy) is 2. The summed E-state index contributed by atoms with van der Waals surface area (Å²) in [6, 6.07) is 1.59. The zero-order valence-corrected chi connectivity index (χ0v) is 8.14. The molecule has 1 aliphatic heterocycles. The summed E-state index contributed by atoms with van der Waals surface area (Å²) in [6.07, 6.45) is 0.889. The summed E-state index contributed by atoms with van der Waals surface area (Å²) in [6.45, 7) is 1.29. The molecule has 0 aromatic carbocycles. The van der Waals surface area contributed by atoms with Crippen molar-refractivity contribution in [3.8, 4) is 5.88 Å². The van der Waals surface area contributed by atoms with Crippen LogP contribution in [0.1, 0.15) is 6.42 Å². The fraction of sp³-hybridized carbons (Fsp3) is 0.500. The third-order valence-corrected chi connectivity index (χ3v) is 2.04. The Labute approximate surface area is 86.8 Å². The SMILES string of the molecule is NNc1cc(OC2CCOC2)nc(N)n1. The molecular formula is C8H13N5O2. The highest BCUT2D eigenvalue weighted by Gasteiger charge is 2.18. The highest BCUT2D eigenvalue weighted by Crippen LogP contribution is 2.18. The van der Waals surface area contributed by atoms with Gasteiger partial charge < -0.3 is 20.6 Å². The third kappa shape index (κ3) is 2.45. The van der Waals surface area contributed by atoms with E-state index < -0.39 is 0 Å². The van der Waals surface area contributed by atoms with Crippen LogP contribution in [-0.4, -0.2) is 29.3 Å². The first-order valence-electron chi connectivity index (χ1n) is 4.63. The molecule has 1 aliphatic rings. The van der Waals surface area contributed by atoms with Crippen molar-refractivity contribution in [1.82, 2.24) is 9.97 Å².